The molecule has 1 N–H and O–H groups in total. The summed E-state index contributed by atoms with van der Waals surface area (Å²) < 4.78 is 15.3. The van der Waals surface area contributed by atoms with E-state index in [4.69, 9.17) is 0 Å². The molecule has 1 aromatic heterocycles. The van der Waals surface area contributed by atoms with Crippen LogP contribution in [0.5, 0.6) is 0 Å². The fraction of sp³-hybridized carbons (Fsp3) is 0.500. The summed E-state index contributed by atoms with van der Waals surface area (Å²) in [5.74, 6) is 0.606. The van der Waals surface area contributed by atoms with Crippen molar-refractivity contribution < 1.29 is 4.39 Å². The highest BCUT2D eigenvalue weighted by atomic mass is 19.1. The number of nitrogens with one attached hydrogen (secondary N) is 1. The molecule has 0 saturated carbocycles. The first-order valence-electron chi connectivity index (χ1n) is 6.95. The summed E-state index contributed by atoms with van der Waals surface area (Å²) in [5.41, 5.74) is 0.683. The van der Waals surface area contributed by atoms with E-state index in [-0.39, 0.29) is 11.9 Å². The monoisotopic (exact) mass is 277 g/mol. The number of hydrogen-bond acceptors (Lipinski definition) is 4. The smallest absolute Gasteiger partial charge is 0.167 e. The zero-order valence-electron chi connectivity index (χ0n) is 11.9. The summed E-state index contributed by atoms with van der Waals surface area (Å²) >= 11 is 0. The van der Waals surface area contributed by atoms with Gasteiger partial charge in [0, 0.05) is 6.54 Å². The maximum Gasteiger partial charge on any atom is 0.167 e. The standard InChI is InChI=1S/C14H20FN5/c1-3-9-16-11(2)14-17-18-19-20(14)10-8-12-6-4-5-7-13(12)15/h4-7,11,16H,3,8-10H2,1-2H3. The zero-order valence-corrected chi connectivity index (χ0v) is 11.9. The lowest BCUT2D eigenvalue weighted by Gasteiger charge is -2.13. The van der Waals surface area contributed by atoms with Crippen molar-refractivity contribution in [3.8, 4) is 0 Å². The Balaban J connectivity index is 2.00. The van der Waals surface area contributed by atoms with Gasteiger partial charge in [-0.15, -0.1) is 5.10 Å². The Kier molecular flexibility index (Phi) is 5.17. The first-order valence-corrected chi connectivity index (χ1v) is 6.95. The van der Waals surface area contributed by atoms with Gasteiger partial charge in [0.1, 0.15) is 5.82 Å². The van der Waals surface area contributed by atoms with Crippen LogP contribution in [0.25, 0.3) is 0 Å². The third kappa shape index (κ3) is 3.60. The van der Waals surface area contributed by atoms with Gasteiger partial charge in [-0.3, -0.25) is 0 Å². The normalized spacial score (nSPS) is 12.6. The largest absolute Gasteiger partial charge is 0.307 e. The second-order valence-corrected chi connectivity index (χ2v) is 4.78. The summed E-state index contributed by atoms with van der Waals surface area (Å²) in [6.07, 6.45) is 1.63. The van der Waals surface area contributed by atoms with Crippen molar-refractivity contribution in [3.05, 3.63) is 41.5 Å². The Labute approximate surface area is 118 Å². The van der Waals surface area contributed by atoms with Crippen molar-refractivity contribution in [2.45, 2.75) is 39.3 Å². The van der Waals surface area contributed by atoms with Crippen molar-refractivity contribution in [2.24, 2.45) is 0 Å². The molecule has 1 atom stereocenters. The Morgan fingerprint density at radius 1 is 1.35 bits per heavy atom. The minimum Gasteiger partial charge on any atom is -0.307 e. The van der Waals surface area contributed by atoms with Crippen LogP contribution < -0.4 is 5.32 Å². The first-order chi connectivity index (χ1) is 9.72. The summed E-state index contributed by atoms with van der Waals surface area (Å²) in [4.78, 5) is 0. The van der Waals surface area contributed by atoms with Crippen molar-refractivity contribution in [3.63, 3.8) is 0 Å². The molecule has 1 aromatic carbocycles. The van der Waals surface area contributed by atoms with E-state index in [1.54, 1.807) is 16.8 Å². The Morgan fingerprint density at radius 3 is 2.90 bits per heavy atom. The average molecular weight is 277 g/mol. The fourth-order valence-corrected chi connectivity index (χ4v) is 2.06. The molecule has 0 radical (unpaired) electrons. The summed E-state index contributed by atoms with van der Waals surface area (Å²) in [5, 5.41) is 15.1. The molecule has 0 fully saturated rings. The first kappa shape index (κ1) is 14.6. The van der Waals surface area contributed by atoms with Crippen LogP contribution in [-0.2, 0) is 13.0 Å². The van der Waals surface area contributed by atoms with Crippen molar-refractivity contribution in [1.29, 1.82) is 0 Å². The average Bonchev–Trinajstić information content (AvgIpc) is 2.92. The maximum absolute atomic E-state index is 13.6. The van der Waals surface area contributed by atoms with Gasteiger partial charge in [0.2, 0.25) is 0 Å². The number of benzene rings is 1. The second kappa shape index (κ2) is 7.09. The molecular formula is C14H20FN5. The van der Waals surface area contributed by atoms with E-state index in [1.807, 2.05) is 13.0 Å². The molecule has 108 valence electrons. The molecule has 0 aliphatic heterocycles. The van der Waals surface area contributed by atoms with Gasteiger partial charge in [0.25, 0.3) is 0 Å². The van der Waals surface area contributed by atoms with Gasteiger partial charge >= 0.3 is 0 Å². The minimum absolute atomic E-state index is 0.0885. The van der Waals surface area contributed by atoms with Crippen LogP contribution in [0.4, 0.5) is 4.39 Å². The Morgan fingerprint density at radius 2 is 2.15 bits per heavy atom. The molecule has 1 heterocycles. The molecule has 1 unspecified atom stereocenters. The zero-order chi connectivity index (χ0) is 14.4. The number of rotatable bonds is 7. The van der Waals surface area contributed by atoms with Gasteiger partial charge in [-0.05, 0) is 48.4 Å². The lowest BCUT2D eigenvalue weighted by molar-refractivity contribution is 0.482. The van der Waals surface area contributed by atoms with Crippen LogP contribution in [0.2, 0.25) is 0 Å². The summed E-state index contributed by atoms with van der Waals surface area (Å²) in [6.45, 7) is 5.63. The van der Waals surface area contributed by atoms with E-state index < -0.39 is 0 Å². The molecule has 0 saturated heterocycles. The number of aryl methyl sites for hydroxylation is 2. The Bertz CT molecular complexity index is 540. The SMILES string of the molecule is CCCNC(C)c1nnnn1CCc1ccccc1F. The number of halogens is 1. The Hall–Kier alpha value is -1.82. The lowest BCUT2D eigenvalue weighted by Crippen LogP contribution is -2.23. The summed E-state index contributed by atoms with van der Waals surface area (Å²) in [6, 6.07) is 6.88. The molecule has 2 rings (SSSR count). The molecule has 0 amide bonds. The third-order valence-electron chi connectivity index (χ3n) is 3.20. The second-order valence-electron chi connectivity index (χ2n) is 4.78. The number of nitrogens with zero attached hydrogens (tertiary/aromatic N) is 4. The predicted molar refractivity (Wildman–Crippen MR) is 74.6 cm³/mol. The highest BCUT2D eigenvalue weighted by Gasteiger charge is 2.13. The van der Waals surface area contributed by atoms with Crippen molar-refractivity contribution in [1.82, 2.24) is 25.5 Å². The van der Waals surface area contributed by atoms with Crippen molar-refractivity contribution >= 4 is 0 Å². The lowest BCUT2D eigenvalue weighted by atomic mass is 10.1. The van der Waals surface area contributed by atoms with Gasteiger partial charge < -0.3 is 5.32 Å². The van der Waals surface area contributed by atoms with Crippen molar-refractivity contribution in [2.75, 3.05) is 6.54 Å². The predicted octanol–water partition coefficient (Wildman–Crippen LogP) is 2.12. The molecule has 20 heavy (non-hydrogen) atoms. The van der Waals surface area contributed by atoms with Gasteiger partial charge in [0.05, 0.1) is 6.04 Å². The van der Waals surface area contributed by atoms with E-state index >= 15 is 0 Å². The van der Waals surface area contributed by atoms with E-state index in [0.717, 1.165) is 18.8 Å². The molecule has 0 aliphatic carbocycles. The van der Waals surface area contributed by atoms with Crippen LogP contribution in [0.15, 0.2) is 24.3 Å². The molecule has 0 spiro atoms. The highest BCUT2D eigenvalue weighted by Crippen LogP contribution is 2.11. The van der Waals surface area contributed by atoms with E-state index in [2.05, 4.69) is 27.8 Å². The van der Waals surface area contributed by atoms with E-state index in [0.29, 0.717) is 18.5 Å². The fourth-order valence-electron chi connectivity index (χ4n) is 2.06. The van der Waals surface area contributed by atoms with E-state index in [9.17, 15) is 4.39 Å². The third-order valence-corrected chi connectivity index (χ3v) is 3.20. The molecule has 6 heteroatoms. The van der Waals surface area contributed by atoms with Crippen LogP contribution in [0, 0.1) is 5.82 Å². The van der Waals surface area contributed by atoms with Gasteiger partial charge in [0.15, 0.2) is 5.82 Å². The molecule has 2 aromatic rings. The summed E-state index contributed by atoms with van der Waals surface area (Å²) in [7, 11) is 0. The quantitative estimate of drug-likeness (QED) is 0.842. The minimum atomic E-state index is -0.181. The van der Waals surface area contributed by atoms with Crippen LogP contribution in [0.1, 0.15) is 37.7 Å². The van der Waals surface area contributed by atoms with Gasteiger partial charge in [-0.2, -0.15) is 0 Å². The van der Waals surface area contributed by atoms with Crippen LogP contribution in [0.3, 0.4) is 0 Å². The van der Waals surface area contributed by atoms with Gasteiger partial charge in [-0.1, -0.05) is 25.1 Å². The molecule has 0 aliphatic rings. The molecule has 0 bridgehead atoms. The highest BCUT2D eigenvalue weighted by molar-refractivity contribution is 5.17. The number of tetrazole rings is 1. The maximum atomic E-state index is 13.6. The van der Waals surface area contributed by atoms with Crippen LogP contribution in [-0.4, -0.2) is 26.8 Å². The number of hydrogen-bond donors (Lipinski definition) is 1. The molecule has 5 nitrogen and oxygen atoms in total. The van der Waals surface area contributed by atoms with Gasteiger partial charge in [-0.25, -0.2) is 9.07 Å². The molecular weight excluding hydrogens is 257 g/mol. The van der Waals surface area contributed by atoms with Crippen LogP contribution >= 0.6 is 0 Å². The van der Waals surface area contributed by atoms with E-state index in [1.165, 1.54) is 6.07 Å². The topological polar surface area (TPSA) is 55.6 Å². The number of aromatic nitrogens is 4.